The van der Waals surface area contributed by atoms with Crippen LogP contribution in [0.1, 0.15) is 29.9 Å². The Balaban J connectivity index is 1.87. The van der Waals surface area contributed by atoms with E-state index < -0.39 is 46.9 Å². The van der Waals surface area contributed by atoms with Crippen molar-refractivity contribution in [3.63, 3.8) is 0 Å². The number of carboxylic acid groups (broad SMARTS) is 1. The van der Waals surface area contributed by atoms with E-state index in [4.69, 9.17) is 5.73 Å². The van der Waals surface area contributed by atoms with Crippen LogP contribution in [0.15, 0.2) is 17.1 Å². The Kier molecular flexibility index (Phi) is 5.38. The largest absolute Gasteiger partial charge is 0.480 e. The molecule has 0 unspecified atom stereocenters. The summed E-state index contributed by atoms with van der Waals surface area (Å²) >= 11 is 0. The number of likely N-dealkylation sites (N-methyl/N-ethyl adjacent to an activating group) is 1. The number of ketones is 1. The van der Waals surface area contributed by atoms with E-state index in [9.17, 15) is 29.1 Å². The molecular formula is C17H22N6O6. The summed E-state index contributed by atoms with van der Waals surface area (Å²) in [5, 5.41) is 11.8. The number of aromatic amines is 1. The van der Waals surface area contributed by atoms with E-state index >= 15 is 0 Å². The van der Waals surface area contributed by atoms with Crippen molar-refractivity contribution in [2.24, 2.45) is 5.73 Å². The van der Waals surface area contributed by atoms with E-state index in [0.717, 1.165) is 12.3 Å². The number of urea groups is 1. The summed E-state index contributed by atoms with van der Waals surface area (Å²) < 4.78 is 0. The molecule has 0 radical (unpaired) electrons. The van der Waals surface area contributed by atoms with Crippen LogP contribution in [-0.4, -0.2) is 86.3 Å². The van der Waals surface area contributed by atoms with Gasteiger partial charge < -0.3 is 30.9 Å². The lowest BCUT2D eigenvalue weighted by Gasteiger charge is -2.31. The first-order chi connectivity index (χ1) is 13.6. The topological polar surface area (TPSA) is 179 Å². The van der Waals surface area contributed by atoms with Crippen molar-refractivity contribution >= 4 is 23.7 Å². The summed E-state index contributed by atoms with van der Waals surface area (Å²) in [6.07, 6.45) is 1.75. The van der Waals surface area contributed by atoms with Gasteiger partial charge in [-0.2, -0.15) is 0 Å². The first-order valence-electron chi connectivity index (χ1n) is 9.07. The fourth-order valence-corrected chi connectivity index (χ4v) is 3.83. The third-order valence-electron chi connectivity index (χ3n) is 5.23. The Morgan fingerprint density at radius 1 is 1.41 bits per heavy atom. The van der Waals surface area contributed by atoms with Gasteiger partial charge in [0, 0.05) is 32.3 Å². The van der Waals surface area contributed by atoms with Gasteiger partial charge in [0.05, 0.1) is 12.6 Å². The van der Waals surface area contributed by atoms with Crippen molar-refractivity contribution in [1.82, 2.24) is 25.1 Å². The summed E-state index contributed by atoms with van der Waals surface area (Å²) in [4.78, 5) is 69.5. The fraction of sp³-hybridized carbons (Fsp3) is 0.529. The van der Waals surface area contributed by atoms with Crippen LogP contribution in [-0.2, 0) is 9.59 Å². The van der Waals surface area contributed by atoms with E-state index in [1.807, 2.05) is 0 Å². The molecule has 0 spiro atoms. The molecule has 12 heteroatoms. The minimum atomic E-state index is -1.59. The summed E-state index contributed by atoms with van der Waals surface area (Å²) in [6.45, 7) is 0.164. The van der Waals surface area contributed by atoms with Gasteiger partial charge in [-0.3, -0.25) is 14.4 Å². The zero-order chi connectivity index (χ0) is 21.3. The molecule has 12 nitrogen and oxygen atoms in total. The molecule has 2 saturated heterocycles. The molecule has 5 N–H and O–H groups in total. The summed E-state index contributed by atoms with van der Waals surface area (Å²) in [5.41, 5.74) is 3.93. The number of Topliss-reactive ketones (excluding diaryl/α,β-unsaturated/α-hetero) is 1. The Labute approximate surface area is 165 Å². The number of carbonyl (C=O) groups is 4. The summed E-state index contributed by atoms with van der Waals surface area (Å²) in [7, 11) is 1.47. The predicted molar refractivity (Wildman–Crippen MR) is 98.0 cm³/mol. The number of rotatable bonds is 6. The molecule has 0 bridgehead atoms. The number of amides is 3. The Bertz CT molecular complexity index is 916. The molecule has 1 aromatic heterocycles. The second-order valence-corrected chi connectivity index (χ2v) is 7.32. The number of hydrogen-bond donors (Lipinski definition) is 4. The van der Waals surface area contributed by atoms with Crippen LogP contribution in [0, 0.1) is 0 Å². The highest BCUT2D eigenvalue weighted by Gasteiger charge is 2.51. The Morgan fingerprint density at radius 2 is 2.14 bits per heavy atom. The fourth-order valence-electron chi connectivity index (χ4n) is 3.83. The van der Waals surface area contributed by atoms with Crippen LogP contribution < -0.4 is 16.6 Å². The highest BCUT2D eigenvalue weighted by Crippen LogP contribution is 2.26. The van der Waals surface area contributed by atoms with E-state index in [1.165, 1.54) is 16.8 Å². The number of nitrogens with one attached hydrogen (secondary N) is 2. The van der Waals surface area contributed by atoms with Crippen molar-refractivity contribution in [1.29, 1.82) is 0 Å². The lowest BCUT2D eigenvalue weighted by molar-refractivity contribution is -0.148. The number of aliphatic carboxylic acids is 1. The number of H-pyrrole nitrogens is 1. The molecule has 0 saturated carbocycles. The van der Waals surface area contributed by atoms with Crippen LogP contribution in [0.2, 0.25) is 0 Å². The molecule has 3 atom stereocenters. The highest BCUT2D eigenvalue weighted by molar-refractivity contribution is 6.05. The van der Waals surface area contributed by atoms with Gasteiger partial charge in [0.2, 0.25) is 11.7 Å². The minimum Gasteiger partial charge on any atom is -0.480 e. The average molecular weight is 406 g/mol. The Hall–Kier alpha value is -3.28. The molecule has 3 heterocycles. The van der Waals surface area contributed by atoms with Gasteiger partial charge >= 0.3 is 12.0 Å². The van der Waals surface area contributed by atoms with Crippen molar-refractivity contribution in [3.05, 3.63) is 28.4 Å². The van der Waals surface area contributed by atoms with Gasteiger partial charge in [0.1, 0.15) is 11.6 Å². The molecule has 3 rings (SSSR count). The van der Waals surface area contributed by atoms with Crippen molar-refractivity contribution in [2.75, 3.05) is 20.1 Å². The maximum atomic E-state index is 13.1. The molecule has 3 amide bonds. The zero-order valence-corrected chi connectivity index (χ0v) is 15.8. The third kappa shape index (κ3) is 3.83. The first-order valence-corrected chi connectivity index (χ1v) is 9.07. The number of carboxylic acids is 1. The average Bonchev–Trinajstić information content (AvgIpc) is 3.26. The molecule has 1 aromatic rings. The molecule has 2 aliphatic heterocycles. The maximum Gasteiger partial charge on any atom is 0.326 e. The molecule has 0 aliphatic carbocycles. The number of hydrogen-bond acceptors (Lipinski definition) is 7. The third-order valence-corrected chi connectivity index (χ3v) is 5.23. The van der Waals surface area contributed by atoms with Crippen molar-refractivity contribution in [2.45, 2.75) is 36.9 Å². The number of carbonyl (C=O) groups excluding carboxylic acids is 3. The summed E-state index contributed by atoms with van der Waals surface area (Å²) in [6, 6.07) is -1.60. The number of nitrogens with zero attached hydrogens (tertiary/aromatic N) is 3. The van der Waals surface area contributed by atoms with E-state index in [0.29, 0.717) is 12.8 Å². The van der Waals surface area contributed by atoms with Gasteiger partial charge in [0.25, 0.3) is 5.56 Å². The number of nitrogens with two attached hydrogens (primary N) is 1. The highest BCUT2D eigenvalue weighted by atomic mass is 16.4. The molecular weight excluding hydrogens is 384 g/mol. The molecule has 0 aromatic carbocycles. The number of aromatic nitrogens is 2. The van der Waals surface area contributed by atoms with Gasteiger partial charge in [0.15, 0.2) is 5.82 Å². The van der Waals surface area contributed by atoms with E-state index in [1.54, 1.807) is 0 Å². The van der Waals surface area contributed by atoms with E-state index in [2.05, 4.69) is 15.3 Å². The van der Waals surface area contributed by atoms with Gasteiger partial charge in [-0.05, 0) is 12.8 Å². The zero-order valence-electron chi connectivity index (χ0n) is 15.8. The Morgan fingerprint density at radius 3 is 2.72 bits per heavy atom. The van der Waals surface area contributed by atoms with Gasteiger partial charge in [-0.15, -0.1) is 0 Å². The summed E-state index contributed by atoms with van der Waals surface area (Å²) in [5.74, 6) is -2.68. The van der Waals surface area contributed by atoms with Gasteiger partial charge in [-0.25, -0.2) is 14.6 Å². The lowest BCUT2D eigenvalue weighted by Crippen LogP contribution is -2.58. The molecule has 2 aliphatic rings. The monoisotopic (exact) mass is 406 g/mol. The normalized spacial score (nSPS) is 25.0. The van der Waals surface area contributed by atoms with Crippen LogP contribution in [0.5, 0.6) is 0 Å². The predicted octanol–water partition coefficient (Wildman–Crippen LogP) is -1.86. The standard InChI is InChI=1S/C17H22N6O6/c1-22-8-17(21-16(22)29,12(25)13-19-5-4-11(24)20-13)7-9(18)14(26)23-6-2-3-10(23)15(27)28/h4-5,9-10H,2-3,6-8,18H2,1H3,(H,21,29)(H,27,28)(H,19,20,24)/t9-,10-,17-/m0/s1. The maximum absolute atomic E-state index is 13.1. The SMILES string of the molecule is CN1C[C@@](C[C@H](N)C(=O)N2CCC[C@H]2C(=O)O)(C(=O)c2nccc(=O)[nH]2)NC1=O. The van der Waals surface area contributed by atoms with Crippen LogP contribution in [0.25, 0.3) is 0 Å². The molecule has 2 fully saturated rings. The quantitative estimate of drug-likeness (QED) is 0.397. The van der Waals surface area contributed by atoms with Gasteiger partial charge in [-0.1, -0.05) is 0 Å². The second-order valence-electron chi connectivity index (χ2n) is 7.32. The molecule has 156 valence electrons. The second kappa shape index (κ2) is 7.62. The van der Waals surface area contributed by atoms with Crippen LogP contribution >= 0.6 is 0 Å². The number of likely N-dealkylation sites (tertiary alicyclic amines) is 1. The molecule has 29 heavy (non-hydrogen) atoms. The first kappa shape index (κ1) is 20.5. The van der Waals surface area contributed by atoms with Crippen molar-refractivity contribution < 1.29 is 24.3 Å². The van der Waals surface area contributed by atoms with Crippen molar-refractivity contribution in [3.8, 4) is 0 Å². The van der Waals surface area contributed by atoms with Crippen LogP contribution in [0.4, 0.5) is 4.79 Å². The smallest absolute Gasteiger partial charge is 0.326 e. The minimum absolute atomic E-state index is 0.0907. The van der Waals surface area contributed by atoms with E-state index in [-0.39, 0.29) is 25.3 Å². The lowest BCUT2D eigenvalue weighted by atomic mass is 9.86. The van der Waals surface area contributed by atoms with Crippen LogP contribution in [0.3, 0.4) is 0 Å².